The van der Waals surface area contributed by atoms with Gasteiger partial charge in [-0.3, -0.25) is 4.90 Å². The molecule has 1 saturated carbocycles. The maximum atomic E-state index is 13.2. The van der Waals surface area contributed by atoms with Gasteiger partial charge in [0.1, 0.15) is 6.61 Å². The van der Waals surface area contributed by atoms with E-state index in [0.717, 1.165) is 37.8 Å². The molecule has 2 amide bonds. The second-order valence-corrected chi connectivity index (χ2v) is 8.20. The highest BCUT2D eigenvalue weighted by atomic mass is 19.4. The van der Waals surface area contributed by atoms with Crippen molar-refractivity contribution in [2.75, 3.05) is 24.7 Å². The number of nitrogens with zero attached hydrogens (tertiary/aromatic N) is 1. The number of anilines is 2. The molecule has 0 aliphatic heterocycles. The number of nitrogens with one attached hydrogen (secondary N) is 1. The van der Waals surface area contributed by atoms with Gasteiger partial charge in [-0.25, -0.2) is 9.59 Å². The molecule has 0 saturated heterocycles. The van der Waals surface area contributed by atoms with Crippen LogP contribution in [0.2, 0.25) is 0 Å². The van der Waals surface area contributed by atoms with E-state index in [4.69, 9.17) is 9.84 Å². The molecule has 9 heteroatoms. The number of hydrogen-bond acceptors (Lipinski definition) is 3. The number of benzene rings is 2. The largest absolute Gasteiger partial charge is 0.480 e. The standard InChI is InChI=1S/C24H27F3N2O4/c25-24(26,27)19-5-4-8-21(13-19)29(20-6-2-1-3-7-20)23(32)28-14-17-9-11-18(12-10-17)15-33-16-22(30)31/h1-8,13,17-18H,9-12,14-16H2,(H,28,32)(H,30,31). The lowest BCUT2D eigenvalue weighted by Gasteiger charge is -2.30. The Kier molecular flexibility index (Phi) is 8.32. The third-order valence-electron chi connectivity index (χ3n) is 5.74. The van der Waals surface area contributed by atoms with Crippen LogP contribution in [0.5, 0.6) is 0 Å². The Labute approximate surface area is 190 Å². The number of hydrogen-bond donors (Lipinski definition) is 2. The molecule has 0 unspecified atom stereocenters. The van der Waals surface area contributed by atoms with E-state index in [9.17, 15) is 22.8 Å². The van der Waals surface area contributed by atoms with Gasteiger partial charge in [-0.15, -0.1) is 0 Å². The van der Waals surface area contributed by atoms with Crippen LogP contribution in [0.15, 0.2) is 54.6 Å². The highest BCUT2D eigenvalue weighted by Crippen LogP contribution is 2.34. The first-order chi connectivity index (χ1) is 15.7. The summed E-state index contributed by atoms with van der Waals surface area (Å²) < 4.78 is 44.8. The number of rotatable bonds is 8. The molecule has 1 aliphatic carbocycles. The minimum absolute atomic E-state index is 0.132. The molecule has 0 bridgehead atoms. The van der Waals surface area contributed by atoms with E-state index in [1.807, 2.05) is 0 Å². The molecular formula is C24H27F3N2O4. The smallest absolute Gasteiger partial charge is 0.416 e. The van der Waals surface area contributed by atoms with E-state index in [2.05, 4.69) is 5.32 Å². The summed E-state index contributed by atoms with van der Waals surface area (Å²) in [6.07, 6.45) is -1.05. The first kappa shape index (κ1) is 24.6. The van der Waals surface area contributed by atoms with Gasteiger partial charge in [-0.2, -0.15) is 13.2 Å². The van der Waals surface area contributed by atoms with E-state index in [0.29, 0.717) is 24.8 Å². The molecule has 0 aromatic heterocycles. The van der Waals surface area contributed by atoms with Crippen LogP contribution in [0.25, 0.3) is 0 Å². The number of para-hydroxylation sites is 1. The SMILES string of the molecule is O=C(O)COCC1CCC(CNC(=O)N(c2ccccc2)c2cccc(C(F)(F)F)c2)CC1. The summed E-state index contributed by atoms with van der Waals surface area (Å²) in [6.45, 7) is 0.507. The van der Waals surface area contributed by atoms with Crippen LogP contribution in [0.3, 0.4) is 0 Å². The lowest BCUT2D eigenvalue weighted by Crippen LogP contribution is -2.40. The Morgan fingerprint density at radius 3 is 2.24 bits per heavy atom. The van der Waals surface area contributed by atoms with Crippen molar-refractivity contribution in [3.63, 3.8) is 0 Å². The molecule has 1 aliphatic rings. The van der Waals surface area contributed by atoms with Crippen molar-refractivity contribution in [3.05, 3.63) is 60.2 Å². The third-order valence-corrected chi connectivity index (χ3v) is 5.74. The summed E-state index contributed by atoms with van der Waals surface area (Å²) in [5.41, 5.74) is -0.224. The molecule has 0 atom stereocenters. The molecule has 6 nitrogen and oxygen atoms in total. The number of alkyl halides is 3. The number of aliphatic carboxylic acids is 1. The van der Waals surface area contributed by atoms with Gasteiger partial charge < -0.3 is 15.2 Å². The highest BCUT2D eigenvalue weighted by molar-refractivity contribution is 5.99. The predicted octanol–water partition coefficient (Wildman–Crippen LogP) is 5.46. The summed E-state index contributed by atoms with van der Waals surface area (Å²) in [7, 11) is 0. The fraction of sp³-hybridized carbons (Fsp3) is 0.417. The van der Waals surface area contributed by atoms with Crippen LogP contribution in [-0.2, 0) is 15.7 Å². The predicted molar refractivity (Wildman–Crippen MR) is 117 cm³/mol. The van der Waals surface area contributed by atoms with Crippen molar-refractivity contribution in [1.82, 2.24) is 5.32 Å². The van der Waals surface area contributed by atoms with E-state index < -0.39 is 23.7 Å². The van der Waals surface area contributed by atoms with Crippen molar-refractivity contribution in [3.8, 4) is 0 Å². The number of carbonyl (C=O) groups is 2. The van der Waals surface area contributed by atoms with Crippen LogP contribution in [0, 0.1) is 11.8 Å². The molecule has 2 aromatic rings. The number of carbonyl (C=O) groups excluding carboxylic acids is 1. The molecule has 178 valence electrons. The second kappa shape index (κ2) is 11.2. The molecule has 1 fully saturated rings. The van der Waals surface area contributed by atoms with Crippen LogP contribution in [0.1, 0.15) is 31.2 Å². The maximum absolute atomic E-state index is 13.2. The average molecular weight is 464 g/mol. The topological polar surface area (TPSA) is 78.9 Å². The van der Waals surface area contributed by atoms with E-state index in [1.165, 1.54) is 17.0 Å². The normalized spacial score (nSPS) is 18.5. The van der Waals surface area contributed by atoms with Gasteiger partial charge in [0.2, 0.25) is 0 Å². The number of halogens is 3. The van der Waals surface area contributed by atoms with Crippen molar-refractivity contribution in [2.45, 2.75) is 31.9 Å². The summed E-state index contributed by atoms with van der Waals surface area (Å²) in [4.78, 5) is 24.9. The van der Waals surface area contributed by atoms with Gasteiger partial charge >= 0.3 is 18.2 Å². The van der Waals surface area contributed by atoms with Gasteiger partial charge in [0.25, 0.3) is 0 Å². The Morgan fingerprint density at radius 1 is 0.970 bits per heavy atom. The fourth-order valence-electron chi connectivity index (χ4n) is 4.01. The zero-order valence-electron chi connectivity index (χ0n) is 18.1. The number of carboxylic acids is 1. The quantitative estimate of drug-likeness (QED) is 0.544. The number of urea groups is 1. The monoisotopic (exact) mass is 464 g/mol. The Hall–Kier alpha value is -3.07. The summed E-state index contributed by atoms with van der Waals surface area (Å²) in [5.74, 6) is -0.457. The Morgan fingerprint density at radius 2 is 1.61 bits per heavy atom. The molecule has 2 aromatic carbocycles. The molecule has 2 N–H and O–H groups in total. The van der Waals surface area contributed by atoms with Gasteiger partial charge in [0.15, 0.2) is 0 Å². The van der Waals surface area contributed by atoms with Gasteiger partial charge in [0.05, 0.1) is 23.5 Å². The first-order valence-electron chi connectivity index (χ1n) is 10.8. The molecular weight excluding hydrogens is 437 g/mol. The van der Waals surface area contributed by atoms with E-state index in [1.54, 1.807) is 30.3 Å². The summed E-state index contributed by atoms with van der Waals surface area (Å²) in [6, 6.07) is 12.8. The lowest BCUT2D eigenvalue weighted by atomic mass is 9.82. The molecule has 33 heavy (non-hydrogen) atoms. The molecule has 3 rings (SSSR count). The first-order valence-corrected chi connectivity index (χ1v) is 10.8. The minimum atomic E-state index is -4.51. The Bertz CT molecular complexity index is 929. The molecule has 0 radical (unpaired) electrons. The third kappa shape index (κ3) is 7.21. The lowest BCUT2D eigenvalue weighted by molar-refractivity contribution is -0.143. The summed E-state index contributed by atoms with van der Waals surface area (Å²) in [5, 5.41) is 11.5. The number of ether oxygens (including phenoxy) is 1. The van der Waals surface area contributed by atoms with E-state index >= 15 is 0 Å². The van der Waals surface area contributed by atoms with Crippen LogP contribution >= 0.6 is 0 Å². The van der Waals surface area contributed by atoms with Crippen molar-refractivity contribution in [1.29, 1.82) is 0 Å². The highest BCUT2D eigenvalue weighted by Gasteiger charge is 2.31. The molecule has 0 spiro atoms. The Balaban J connectivity index is 1.62. The van der Waals surface area contributed by atoms with Crippen molar-refractivity contribution in [2.24, 2.45) is 11.8 Å². The maximum Gasteiger partial charge on any atom is 0.416 e. The fourth-order valence-corrected chi connectivity index (χ4v) is 4.01. The molecule has 0 heterocycles. The van der Waals surface area contributed by atoms with Crippen LogP contribution in [0.4, 0.5) is 29.3 Å². The van der Waals surface area contributed by atoms with E-state index in [-0.39, 0.29) is 18.2 Å². The average Bonchev–Trinajstić information content (AvgIpc) is 2.79. The van der Waals surface area contributed by atoms with Crippen molar-refractivity contribution >= 4 is 23.4 Å². The van der Waals surface area contributed by atoms with Gasteiger partial charge in [-0.1, -0.05) is 24.3 Å². The van der Waals surface area contributed by atoms with Crippen LogP contribution < -0.4 is 10.2 Å². The van der Waals surface area contributed by atoms with Crippen molar-refractivity contribution < 1.29 is 32.6 Å². The zero-order valence-corrected chi connectivity index (χ0v) is 18.1. The second-order valence-electron chi connectivity index (χ2n) is 8.20. The zero-order chi connectivity index (χ0) is 23.8. The number of carboxylic acid groups (broad SMARTS) is 1. The summed E-state index contributed by atoms with van der Waals surface area (Å²) >= 11 is 0. The van der Waals surface area contributed by atoms with Gasteiger partial charge in [0, 0.05) is 6.54 Å². The van der Waals surface area contributed by atoms with Crippen LogP contribution in [-0.4, -0.2) is 36.9 Å². The number of amides is 2. The minimum Gasteiger partial charge on any atom is -0.480 e. The van der Waals surface area contributed by atoms with Gasteiger partial charge in [-0.05, 0) is 67.9 Å².